The monoisotopic (exact) mass is 315 g/mol. The molecule has 1 aromatic heterocycles. The Morgan fingerprint density at radius 2 is 2.05 bits per heavy atom. The molecule has 6 heteroatoms. The van der Waals surface area contributed by atoms with Gasteiger partial charge in [-0.05, 0) is 43.8 Å². The van der Waals surface area contributed by atoms with Gasteiger partial charge in [0.15, 0.2) is 5.43 Å². The number of hydrogen-bond donors (Lipinski definition) is 0. The Balaban J connectivity index is 2.10. The predicted molar refractivity (Wildman–Crippen MR) is 85.6 cm³/mol. The third kappa shape index (κ3) is 2.35. The largest absolute Gasteiger partial charge is 0.463 e. The van der Waals surface area contributed by atoms with E-state index >= 15 is 0 Å². The van der Waals surface area contributed by atoms with E-state index in [2.05, 4.69) is 0 Å². The highest BCUT2D eigenvalue weighted by molar-refractivity contribution is 8.18. The van der Waals surface area contributed by atoms with E-state index in [1.54, 1.807) is 19.1 Å². The SMILES string of the molecule is CCN1C(=O)S/C(=C\c2coc3ccc(C)cc3c2=O)C1=O. The number of nitrogens with zero attached hydrogens (tertiary/aromatic N) is 1. The summed E-state index contributed by atoms with van der Waals surface area (Å²) in [4.78, 5) is 37.6. The zero-order valence-corrected chi connectivity index (χ0v) is 12.9. The molecule has 0 unspecified atom stereocenters. The second-order valence-corrected chi connectivity index (χ2v) is 5.94. The summed E-state index contributed by atoms with van der Waals surface area (Å²) >= 11 is 0.836. The van der Waals surface area contributed by atoms with Gasteiger partial charge in [-0.2, -0.15) is 0 Å². The molecule has 0 atom stereocenters. The number of likely N-dealkylation sites (N-methyl/N-ethyl adjacent to an activating group) is 1. The van der Waals surface area contributed by atoms with Gasteiger partial charge in [0, 0.05) is 6.54 Å². The zero-order valence-electron chi connectivity index (χ0n) is 12.1. The summed E-state index contributed by atoms with van der Waals surface area (Å²) in [5, 5.41) is 0.142. The van der Waals surface area contributed by atoms with Gasteiger partial charge in [0.05, 0.1) is 15.9 Å². The smallest absolute Gasteiger partial charge is 0.293 e. The van der Waals surface area contributed by atoms with Gasteiger partial charge in [0.25, 0.3) is 11.1 Å². The topological polar surface area (TPSA) is 67.6 Å². The van der Waals surface area contributed by atoms with Crippen LogP contribution in [0.2, 0.25) is 0 Å². The molecular formula is C16H13NO4S. The van der Waals surface area contributed by atoms with Crippen LogP contribution in [0.25, 0.3) is 17.0 Å². The van der Waals surface area contributed by atoms with Crippen molar-refractivity contribution in [1.29, 1.82) is 0 Å². The lowest BCUT2D eigenvalue weighted by molar-refractivity contribution is -0.122. The minimum Gasteiger partial charge on any atom is -0.463 e. The lowest BCUT2D eigenvalue weighted by Gasteiger charge is -2.06. The molecule has 3 rings (SSSR count). The Morgan fingerprint density at radius 3 is 2.73 bits per heavy atom. The molecule has 1 aliphatic heterocycles. The van der Waals surface area contributed by atoms with Gasteiger partial charge < -0.3 is 4.42 Å². The maximum absolute atomic E-state index is 12.5. The van der Waals surface area contributed by atoms with Crippen LogP contribution in [0.15, 0.2) is 38.6 Å². The third-order valence-corrected chi connectivity index (χ3v) is 4.34. The maximum atomic E-state index is 12.5. The first-order chi connectivity index (χ1) is 10.5. The van der Waals surface area contributed by atoms with Crippen molar-refractivity contribution in [3.8, 4) is 0 Å². The van der Waals surface area contributed by atoms with Crippen molar-refractivity contribution in [1.82, 2.24) is 4.90 Å². The fraction of sp³-hybridized carbons (Fsp3) is 0.188. The molecule has 22 heavy (non-hydrogen) atoms. The molecule has 0 spiro atoms. The molecule has 2 heterocycles. The summed E-state index contributed by atoms with van der Waals surface area (Å²) < 4.78 is 5.44. The molecule has 112 valence electrons. The Labute approximate surface area is 130 Å². The molecule has 0 saturated carbocycles. The number of carbonyl (C=O) groups is 2. The fourth-order valence-corrected chi connectivity index (χ4v) is 3.17. The number of fused-ring (bicyclic) bond motifs is 1. The highest BCUT2D eigenvalue weighted by atomic mass is 32.2. The van der Waals surface area contributed by atoms with Gasteiger partial charge in [-0.25, -0.2) is 0 Å². The highest BCUT2D eigenvalue weighted by Gasteiger charge is 2.33. The molecule has 0 N–H and O–H groups in total. The van der Waals surface area contributed by atoms with Gasteiger partial charge in [-0.3, -0.25) is 19.3 Å². The number of hydrogen-bond acceptors (Lipinski definition) is 5. The molecule has 2 aromatic rings. The highest BCUT2D eigenvalue weighted by Crippen LogP contribution is 2.31. The standard InChI is InChI=1S/C16H13NO4S/c1-3-17-15(19)13(22-16(17)20)7-10-8-21-12-5-4-9(2)6-11(12)14(10)18/h4-8H,3H2,1-2H3/b13-7-. The number of benzene rings is 1. The van der Waals surface area contributed by atoms with Crippen molar-refractivity contribution in [2.24, 2.45) is 0 Å². The zero-order chi connectivity index (χ0) is 15.9. The number of imide groups is 1. The van der Waals surface area contributed by atoms with E-state index in [1.807, 2.05) is 13.0 Å². The van der Waals surface area contributed by atoms with Gasteiger partial charge >= 0.3 is 0 Å². The number of rotatable bonds is 2. The van der Waals surface area contributed by atoms with Crippen molar-refractivity contribution >= 4 is 40.0 Å². The van der Waals surface area contributed by atoms with Crippen LogP contribution in [-0.2, 0) is 4.79 Å². The van der Waals surface area contributed by atoms with Gasteiger partial charge in [-0.1, -0.05) is 11.6 Å². The van der Waals surface area contributed by atoms with Crippen molar-refractivity contribution in [2.45, 2.75) is 13.8 Å². The maximum Gasteiger partial charge on any atom is 0.293 e. The van der Waals surface area contributed by atoms with E-state index in [-0.39, 0.29) is 27.0 Å². The number of thioether (sulfide) groups is 1. The van der Waals surface area contributed by atoms with E-state index in [9.17, 15) is 14.4 Å². The van der Waals surface area contributed by atoms with Gasteiger partial charge in [-0.15, -0.1) is 0 Å². The first-order valence-corrected chi connectivity index (χ1v) is 7.60. The van der Waals surface area contributed by atoms with Crippen LogP contribution in [0, 0.1) is 6.92 Å². The van der Waals surface area contributed by atoms with Crippen LogP contribution in [0.3, 0.4) is 0 Å². The van der Waals surface area contributed by atoms with E-state index in [4.69, 9.17) is 4.42 Å². The minimum absolute atomic E-state index is 0.215. The van der Waals surface area contributed by atoms with E-state index < -0.39 is 0 Å². The average Bonchev–Trinajstić information content (AvgIpc) is 2.76. The van der Waals surface area contributed by atoms with Gasteiger partial charge in [0.1, 0.15) is 11.8 Å². The molecule has 2 amide bonds. The minimum atomic E-state index is -0.374. The van der Waals surface area contributed by atoms with E-state index in [1.165, 1.54) is 12.3 Å². The molecule has 0 bridgehead atoms. The van der Waals surface area contributed by atoms with Crippen LogP contribution in [0.5, 0.6) is 0 Å². The molecule has 0 aliphatic carbocycles. The van der Waals surface area contributed by atoms with Crippen LogP contribution >= 0.6 is 11.8 Å². The molecular weight excluding hydrogens is 302 g/mol. The first-order valence-electron chi connectivity index (χ1n) is 6.79. The summed E-state index contributed by atoms with van der Waals surface area (Å²) in [7, 11) is 0. The molecule has 5 nitrogen and oxygen atoms in total. The number of aryl methyl sites for hydroxylation is 1. The van der Waals surface area contributed by atoms with E-state index in [0.29, 0.717) is 17.5 Å². The first kappa shape index (κ1) is 14.6. The molecule has 0 radical (unpaired) electrons. The summed E-state index contributed by atoms with van der Waals surface area (Å²) in [6.45, 7) is 3.93. The second kappa shape index (κ2) is 5.46. The quantitative estimate of drug-likeness (QED) is 0.796. The van der Waals surface area contributed by atoms with Gasteiger partial charge in [0.2, 0.25) is 0 Å². The summed E-state index contributed by atoms with van der Waals surface area (Å²) in [5.41, 5.74) is 1.49. The van der Waals surface area contributed by atoms with Crippen molar-refractivity contribution < 1.29 is 14.0 Å². The Bertz CT molecular complexity index is 881. The Morgan fingerprint density at radius 1 is 1.27 bits per heavy atom. The number of amides is 2. The predicted octanol–water partition coefficient (Wildman–Crippen LogP) is 3.16. The van der Waals surface area contributed by atoms with Crippen LogP contribution in [0.1, 0.15) is 18.1 Å². The molecule has 1 saturated heterocycles. The van der Waals surface area contributed by atoms with Crippen molar-refractivity contribution in [3.63, 3.8) is 0 Å². The fourth-order valence-electron chi connectivity index (χ4n) is 2.27. The number of carbonyl (C=O) groups excluding carboxylic acids is 2. The summed E-state index contributed by atoms with van der Waals surface area (Å²) in [6.07, 6.45) is 2.74. The van der Waals surface area contributed by atoms with Crippen LogP contribution in [-0.4, -0.2) is 22.6 Å². The Hall–Kier alpha value is -2.34. The second-order valence-electron chi connectivity index (χ2n) is 4.95. The lowest BCUT2D eigenvalue weighted by atomic mass is 10.1. The lowest BCUT2D eigenvalue weighted by Crippen LogP contribution is -2.27. The van der Waals surface area contributed by atoms with E-state index in [0.717, 1.165) is 22.2 Å². The van der Waals surface area contributed by atoms with Crippen molar-refractivity contribution in [3.05, 3.63) is 50.7 Å². The Kier molecular flexibility index (Phi) is 3.62. The average molecular weight is 315 g/mol. The van der Waals surface area contributed by atoms with Crippen LogP contribution in [0.4, 0.5) is 4.79 Å². The molecule has 1 fully saturated rings. The normalized spacial score (nSPS) is 17.0. The van der Waals surface area contributed by atoms with Crippen molar-refractivity contribution in [2.75, 3.05) is 6.54 Å². The molecule has 1 aromatic carbocycles. The van der Waals surface area contributed by atoms with Crippen LogP contribution < -0.4 is 5.43 Å². The summed E-state index contributed by atoms with van der Waals surface area (Å²) in [6, 6.07) is 5.34. The summed E-state index contributed by atoms with van der Waals surface area (Å²) in [5.74, 6) is -0.374. The molecule has 1 aliphatic rings. The third-order valence-electron chi connectivity index (χ3n) is 3.43.